The maximum Gasteiger partial charge on any atom is 0.143 e. The molecule has 0 unspecified atom stereocenters. The van der Waals surface area contributed by atoms with E-state index >= 15 is 0 Å². The van der Waals surface area contributed by atoms with Gasteiger partial charge in [-0.2, -0.15) is 0 Å². The predicted octanol–water partition coefficient (Wildman–Crippen LogP) is 17.0. The summed E-state index contributed by atoms with van der Waals surface area (Å²) in [4.78, 5) is 4.68. The molecule has 3 heteroatoms. The number of anilines is 6. The summed E-state index contributed by atoms with van der Waals surface area (Å²) in [5.74, 6) is 0.863. The maximum atomic E-state index is 6.65. The zero-order chi connectivity index (χ0) is 41.4. The number of fused-ring (bicyclic) bond motifs is 3. The molecule has 10 aromatic carbocycles. The Morgan fingerprint density at radius 3 is 1.35 bits per heavy atom. The Hall–Kier alpha value is -8.14. The van der Waals surface area contributed by atoms with Crippen LogP contribution in [0.1, 0.15) is 5.56 Å². The first-order valence-corrected chi connectivity index (χ1v) is 21.2. The zero-order valence-corrected chi connectivity index (χ0v) is 34.3. The van der Waals surface area contributed by atoms with E-state index in [-0.39, 0.29) is 0 Å². The van der Waals surface area contributed by atoms with Crippen molar-refractivity contribution in [3.8, 4) is 33.6 Å². The Kier molecular flexibility index (Phi) is 9.40. The normalized spacial score (nSPS) is 11.3. The molecular formula is C59H42N2O. The summed E-state index contributed by atoms with van der Waals surface area (Å²) in [6.07, 6.45) is 0. The molecule has 11 aromatic rings. The molecule has 1 aromatic heterocycles. The summed E-state index contributed by atoms with van der Waals surface area (Å²) < 4.78 is 6.65. The molecule has 3 nitrogen and oxygen atoms in total. The van der Waals surface area contributed by atoms with Gasteiger partial charge in [0.05, 0.1) is 0 Å². The molecule has 0 aliphatic carbocycles. The lowest BCUT2D eigenvalue weighted by Crippen LogP contribution is -2.10. The average Bonchev–Trinajstić information content (AvgIpc) is 3.73. The van der Waals surface area contributed by atoms with Crippen LogP contribution < -0.4 is 9.80 Å². The van der Waals surface area contributed by atoms with Gasteiger partial charge in [0.2, 0.25) is 0 Å². The van der Waals surface area contributed by atoms with Gasteiger partial charge in [-0.25, -0.2) is 0 Å². The molecule has 0 amide bonds. The second kappa shape index (κ2) is 15.8. The monoisotopic (exact) mass is 794 g/mol. The molecule has 0 saturated heterocycles. The Balaban J connectivity index is 0.951. The van der Waals surface area contributed by atoms with E-state index < -0.39 is 0 Å². The minimum atomic E-state index is 0.863. The fraction of sp³-hybridized carbons (Fsp3) is 0.0169. The van der Waals surface area contributed by atoms with Crippen LogP contribution in [-0.2, 0) is 0 Å². The van der Waals surface area contributed by atoms with Gasteiger partial charge in [-0.15, -0.1) is 0 Å². The zero-order valence-electron chi connectivity index (χ0n) is 34.3. The average molecular weight is 795 g/mol. The highest BCUT2D eigenvalue weighted by Gasteiger charge is 2.20. The molecule has 294 valence electrons. The third-order valence-corrected chi connectivity index (χ3v) is 11.9. The first-order valence-electron chi connectivity index (χ1n) is 21.2. The summed E-state index contributed by atoms with van der Waals surface area (Å²) in [5, 5.41) is 5.99. The van der Waals surface area contributed by atoms with E-state index in [1.54, 1.807) is 0 Å². The molecule has 0 saturated carbocycles. The molecule has 0 aliphatic heterocycles. The SMILES string of the molecule is Cc1ccc(N(c2ccc(-c3ccc(N(c4ccc5ccccc5c4)c4ccc5ccccc5c4)cc3)cc2)c2cccc(-c3oc4ccccc4c3-c3ccccc3)c2)cc1. The summed E-state index contributed by atoms with van der Waals surface area (Å²) >= 11 is 0. The van der Waals surface area contributed by atoms with Crippen molar-refractivity contribution < 1.29 is 4.42 Å². The van der Waals surface area contributed by atoms with Crippen LogP contribution in [0, 0.1) is 6.92 Å². The van der Waals surface area contributed by atoms with E-state index in [0.29, 0.717) is 0 Å². The van der Waals surface area contributed by atoms with Crippen molar-refractivity contribution in [2.45, 2.75) is 6.92 Å². The van der Waals surface area contributed by atoms with Crippen LogP contribution in [0.15, 0.2) is 241 Å². The molecule has 1 heterocycles. The molecule has 0 spiro atoms. The standard InChI is InChI=1S/C59H42N2O/c1-41-22-30-50(31-23-41)60(53-19-11-18-49(40-53)59-58(46-14-3-2-4-15-46)56-20-9-10-21-57(56)62-59)51-32-24-44(25-33-51)45-26-34-52(35-27-45)61(54-36-28-42-12-5-7-16-47(42)38-54)55-37-29-43-13-6-8-17-48(43)39-55/h2-40H,1H3. The van der Waals surface area contributed by atoms with Crippen molar-refractivity contribution in [1.82, 2.24) is 0 Å². The third kappa shape index (κ3) is 6.96. The van der Waals surface area contributed by atoms with Gasteiger partial charge in [-0.05, 0) is 124 Å². The summed E-state index contributed by atoms with van der Waals surface area (Å²) in [6.45, 7) is 2.13. The van der Waals surface area contributed by atoms with Crippen molar-refractivity contribution in [3.05, 3.63) is 242 Å². The van der Waals surface area contributed by atoms with E-state index in [1.165, 1.54) is 27.1 Å². The van der Waals surface area contributed by atoms with Crippen molar-refractivity contribution >= 4 is 66.6 Å². The molecule has 0 bridgehead atoms. The molecule has 0 radical (unpaired) electrons. The van der Waals surface area contributed by atoms with Gasteiger partial charge in [-0.3, -0.25) is 0 Å². The van der Waals surface area contributed by atoms with Crippen LogP contribution in [0.4, 0.5) is 34.1 Å². The number of hydrogen-bond donors (Lipinski definition) is 0. The third-order valence-electron chi connectivity index (χ3n) is 11.9. The summed E-state index contributed by atoms with van der Waals surface area (Å²) in [6, 6.07) is 84.7. The first kappa shape index (κ1) is 36.9. The first-order chi connectivity index (χ1) is 30.6. The van der Waals surface area contributed by atoms with Crippen molar-refractivity contribution in [1.29, 1.82) is 0 Å². The fourth-order valence-corrected chi connectivity index (χ4v) is 8.75. The summed E-state index contributed by atoms with van der Waals surface area (Å²) in [5.41, 5.74) is 14.2. The van der Waals surface area contributed by atoms with Gasteiger partial charge in [0.1, 0.15) is 11.3 Å². The fourth-order valence-electron chi connectivity index (χ4n) is 8.75. The van der Waals surface area contributed by atoms with Gasteiger partial charge in [-0.1, -0.05) is 163 Å². The van der Waals surface area contributed by atoms with Crippen LogP contribution in [0.25, 0.3) is 66.1 Å². The second-order valence-electron chi connectivity index (χ2n) is 15.9. The van der Waals surface area contributed by atoms with Crippen LogP contribution in [-0.4, -0.2) is 0 Å². The van der Waals surface area contributed by atoms with Crippen LogP contribution >= 0.6 is 0 Å². The van der Waals surface area contributed by atoms with Crippen molar-refractivity contribution in [3.63, 3.8) is 0 Å². The van der Waals surface area contributed by atoms with Gasteiger partial charge < -0.3 is 14.2 Å². The van der Waals surface area contributed by atoms with Crippen LogP contribution in [0.3, 0.4) is 0 Å². The van der Waals surface area contributed by atoms with E-state index in [1.807, 2.05) is 6.07 Å². The number of rotatable bonds is 9. The van der Waals surface area contributed by atoms with Gasteiger partial charge in [0.15, 0.2) is 0 Å². The van der Waals surface area contributed by atoms with Gasteiger partial charge >= 0.3 is 0 Å². The van der Waals surface area contributed by atoms with Crippen LogP contribution in [0.5, 0.6) is 0 Å². The van der Waals surface area contributed by atoms with Crippen molar-refractivity contribution in [2.24, 2.45) is 0 Å². The lowest BCUT2D eigenvalue weighted by atomic mass is 9.98. The lowest BCUT2D eigenvalue weighted by molar-refractivity contribution is 0.632. The number of aryl methyl sites for hydroxylation is 1. The molecular weight excluding hydrogens is 753 g/mol. The molecule has 62 heavy (non-hydrogen) atoms. The highest BCUT2D eigenvalue weighted by Crippen LogP contribution is 2.44. The maximum absolute atomic E-state index is 6.65. The second-order valence-corrected chi connectivity index (χ2v) is 15.9. The largest absolute Gasteiger partial charge is 0.455 e. The Morgan fingerprint density at radius 2 is 0.758 bits per heavy atom. The van der Waals surface area contributed by atoms with E-state index in [0.717, 1.165) is 78.7 Å². The smallest absolute Gasteiger partial charge is 0.143 e. The topological polar surface area (TPSA) is 19.6 Å². The molecule has 11 rings (SSSR count). The quantitative estimate of drug-likeness (QED) is 0.145. The number of hydrogen-bond acceptors (Lipinski definition) is 3. The molecule has 0 fully saturated rings. The Labute approximate surface area is 362 Å². The Bertz CT molecular complexity index is 3270. The highest BCUT2D eigenvalue weighted by molar-refractivity contribution is 6.02. The van der Waals surface area contributed by atoms with E-state index in [2.05, 4.69) is 247 Å². The minimum Gasteiger partial charge on any atom is -0.455 e. The number of para-hydroxylation sites is 1. The lowest BCUT2D eigenvalue weighted by Gasteiger charge is -2.27. The number of nitrogens with zero attached hydrogens (tertiary/aromatic N) is 2. The van der Waals surface area contributed by atoms with Gasteiger partial charge in [0.25, 0.3) is 0 Å². The van der Waals surface area contributed by atoms with Gasteiger partial charge in [0, 0.05) is 50.6 Å². The predicted molar refractivity (Wildman–Crippen MR) is 262 cm³/mol. The van der Waals surface area contributed by atoms with E-state index in [9.17, 15) is 0 Å². The summed E-state index contributed by atoms with van der Waals surface area (Å²) in [7, 11) is 0. The Morgan fingerprint density at radius 1 is 0.306 bits per heavy atom. The molecule has 0 N–H and O–H groups in total. The van der Waals surface area contributed by atoms with E-state index in [4.69, 9.17) is 4.42 Å². The highest BCUT2D eigenvalue weighted by atomic mass is 16.3. The van der Waals surface area contributed by atoms with Crippen LogP contribution in [0.2, 0.25) is 0 Å². The van der Waals surface area contributed by atoms with Crippen molar-refractivity contribution in [2.75, 3.05) is 9.80 Å². The number of benzene rings is 10. The minimum absolute atomic E-state index is 0.863. The number of furan rings is 1. The molecule has 0 atom stereocenters. The molecule has 0 aliphatic rings.